The molecule has 7 nitrogen and oxygen atoms in total. The van der Waals surface area contributed by atoms with Crippen LogP contribution in [0.25, 0.3) is 11.5 Å². The van der Waals surface area contributed by atoms with Crippen LogP contribution < -0.4 is 5.32 Å². The Balaban J connectivity index is 1.74. The topological polar surface area (TPSA) is 101 Å². The zero-order valence-electron chi connectivity index (χ0n) is 15.9. The maximum atomic E-state index is 12.2. The van der Waals surface area contributed by atoms with Gasteiger partial charge in [-0.2, -0.15) is 5.26 Å². The second-order valence-corrected chi connectivity index (χ2v) is 7.78. The number of aromatic nitrogens is 2. The third kappa shape index (κ3) is 4.85. The normalized spacial score (nSPS) is 19.9. The number of benzene rings is 1. The lowest BCUT2D eigenvalue weighted by atomic mass is 9.84. The number of nitrogens with zero attached hydrogens (tertiary/aromatic N) is 3. The number of carbonyl (C=O) groups excluding carboxylic acids is 1. The first kappa shape index (κ1) is 18.9. The maximum Gasteiger partial charge on any atom is 0.407 e. The molecule has 1 aliphatic rings. The van der Waals surface area contributed by atoms with Crippen LogP contribution in [0.15, 0.2) is 28.7 Å². The van der Waals surface area contributed by atoms with E-state index < -0.39 is 11.7 Å². The van der Waals surface area contributed by atoms with Crippen LogP contribution in [-0.2, 0) is 4.74 Å². The molecule has 1 N–H and O–H groups in total. The molecular weight excluding hydrogens is 344 g/mol. The zero-order chi connectivity index (χ0) is 19.4. The van der Waals surface area contributed by atoms with Crippen molar-refractivity contribution >= 4 is 6.09 Å². The number of nitriles is 1. The highest BCUT2D eigenvalue weighted by atomic mass is 16.6. The van der Waals surface area contributed by atoms with Gasteiger partial charge in [-0.15, -0.1) is 10.2 Å². The van der Waals surface area contributed by atoms with Crippen molar-refractivity contribution in [1.29, 1.82) is 5.26 Å². The molecule has 0 bridgehead atoms. The third-order valence-corrected chi connectivity index (χ3v) is 4.49. The number of hydrogen-bond acceptors (Lipinski definition) is 6. The van der Waals surface area contributed by atoms with Gasteiger partial charge in [0.15, 0.2) is 0 Å². The predicted molar refractivity (Wildman–Crippen MR) is 98.8 cm³/mol. The number of rotatable bonds is 3. The van der Waals surface area contributed by atoms with Crippen molar-refractivity contribution in [3.8, 4) is 17.5 Å². The molecule has 1 fully saturated rings. The summed E-state index contributed by atoms with van der Waals surface area (Å²) in [5, 5.41) is 20.2. The van der Waals surface area contributed by atoms with Crippen molar-refractivity contribution in [1.82, 2.24) is 15.5 Å². The summed E-state index contributed by atoms with van der Waals surface area (Å²) in [5.74, 6) is 0.900. The number of alkyl carbamates (subject to hydrolysis) is 1. The van der Waals surface area contributed by atoms with Crippen molar-refractivity contribution in [2.75, 3.05) is 0 Å². The van der Waals surface area contributed by atoms with E-state index in [9.17, 15) is 4.79 Å². The molecule has 1 aliphatic carbocycles. The fourth-order valence-corrected chi connectivity index (χ4v) is 3.25. The molecular formula is C20H24N4O3. The quantitative estimate of drug-likeness (QED) is 0.873. The van der Waals surface area contributed by atoms with Gasteiger partial charge in [0, 0.05) is 11.6 Å². The summed E-state index contributed by atoms with van der Waals surface area (Å²) in [6.07, 6.45) is 3.37. The Bertz CT molecular complexity index is 830. The van der Waals surface area contributed by atoms with Gasteiger partial charge in [-0.05, 0) is 57.9 Å². The van der Waals surface area contributed by atoms with Gasteiger partial charge in [-0.1, -0.05) is 12.8 Å². The molecule has 1 heterocycles. The van der Waals surface area contributed by atoms with E-state index in [0.717, 1.165) is 31.2 Å². The van der Waals surface area contributed by atoms with Crippen molar-refractivity contribution in [3.63, 3.8) is 0 Å². The van der Waals surface area contributed by atoms with E-state index in [4.69, 9.17) is 14.4 Å². The lowest BCUT2D eigenvalue weighted by Gasteiger charge is -2.30. The molecule has 1 amide bonds. The van der Waals surface area contributed by atoms with Gasteiger partial charge in [0.05, 0.1) is 17.6 Å². The molecule has 0 spiro atoms. The molecule has 0 saturated heterocycles. The molecule has 2 aromatic rings. The van der Waals surface area contributed by atoms with Gasteiger partial charge in [0.25, 0.3) is 0 Å². The summed E-state index contributed by atoms with van der Waals surface area (Å²) in [4.78, 5) is 12.2. The van der Waals surface area contributed by atoms with E-state index in [1.54, 1.807) is 24.3 Å². The first-order chi connectivity index (χ1) is 12.9. The number of hydrogen-bond donors (Lipinski definition) is 1. The van der Waals surface area contributed by atoms with E-state index >= 15 is 0 Å². The van der Waals surface area contributed by atoms with Gasteiger partial charge in [0.2, 0.25) is 11.8 Å². The average molecular weight is 368 g/mol. The van der Waals surface area contributed by atoms with Gasteiger partial charge in [-0.25, -0.2) is 4.79 Å². The Hall–Kier alpha value is -2.88. The van der Waals surface area contributed by atoms with Crippen LogP contribution in [0.5, 0.6) is 0 Å². The highest BCUT2D eigenvalue weighted by Gasteiger charge is 2.33. The van der Waals surface area contributed by atoms with Crippen LogP contribution in [0.4, 0.5) is 4.79 Å². The van der Waals surface area contributed by atoms with Gasteiger partial charge >= 0.3 is 6.09 Å². The molecule has 0 aliphatic heterocycles. The molecule has 1 aromatic heterocycles. The van der Waals surface area contributed by atoms with Crippen LogP contribution in [0, 0.1) is 11.3 Å². The summed E-state index contributed by atoms with van der Waals surface area (Å²) in [5.41, 5.74) is 0.800. The minimum absolute atomic E-state index is 0.0362. The Morgan fingerprint density at radius 2 is 1.93 bits per heavy atom. The highest BCUT2D eigenvalue weighted by molar-refractivity contribution is 5.68. The number of ether oxygens (including phenoxy) is 1. The van der Waals surface area contributed by atoms with Gasteiger partial charge in [-0.3, -0.25) is 0 Å². The Labute approximate surface area is 158 Å². The van der Waals surface area contributed by atoms with Crippen molar-refractivity contribution in [2.45, 2.75) is 64.0 Å². The first-order valence-electron chi connectivity index (χ1n) is 9.19. The van der Waals surface area contributed by atoms with Crippen molar-refractivity contribution in [2.24, 2.45) is 0 Å². The Kier molecular flexibility index (Phi) is 5.45. The number of nitrogens with one attached hydrogen (secondary N) is 1. The van der Waals surface area contributed by atoms with Crippen molar-refractivity contribution in [3.05, 3.63) is 35.7 Å². The van der Waals surface area contributed by atoms with Crippen molar-refractivity contribution < 1.29 is 13.9 Å². The van der Waals surface area contributed by atoms with Crippen LogP contribution in [0.3, 0.4) is 0 Å². The maximum absolute atomic E-state index is 12.2. The average Bonchev–Trinajstić information content (AvgIpc) is 3.10. The Morgan fingerprint density at radius 1 is 1.22 bits per heavy atom. The summed E-state index contributed by atoms with van der Waals surface area (Å²) in [6, 6.07) is 8.99. The standard InChI is InChI=1S/C20H24N4O3/c1-20(2,3)27-19(25)22-16-7-5-4-6-15(16)18-24-23-17(26-18)14-10-8-13(12-21)9-11-14/h8-11,15-16H,4-7H2,1-3H3,(H,22,25)/t15-,16-/m1/s1. The van der Waals surface area contributed by atoms with Crippen LogP contribution in [0.1, 0.15) is 63.8 Å². The molecule has 1 aromatic carbocycles. The Morgan fingerprint density at radius 3 is 2.59 bits per heavy atom. The van der Waals surface area contributed by atoms with E-state index in [0.29, 0.717) is 17.3 Å². The molecule has 27 heavy (non-hydrogen) atoms. The smallest absolute Gasteiger partial charge is 0.407 e. The minimum atomic E-state index is -0.540. The highest BCUT2D eigenvalue weighted by Crippen LogP contribution is 2.34. The van der Waals surface area contributed by atoms with Gasteiger partial charge in [0.1, 0.15) is 5.60 Å². The molecule has 3 rings (SSSR count). The third-order valence-electron chi connectivity index (χ3n) is 4.49. The zero-order valence-corrected chi connectivity index (χ0v) is 15.9. The molecule has 1 saturated carbocycles. The van der Waals surface area contributed by atoms with Crippen LogP contribution >= 0.6 is 0 Å². The lowest BCUT2D eigenvalue weighted by Crippen LogP contribution is -2.43. The van der Waals surface area contributed by atoms with E-state index in [1.165, 1.54) is 0 Å². The van der Waals surface area contributed by atoms with E-state index in [1.807, 2.05) is 20.8 Å². The van der Waals surface area contributed by atoms with Crippen LogP contribution in [0.2, 0.25) is 0 Å². The predicted octanol–water partition coefficient (Wildman–Crippen LogP) is 4.16. The van der Waals surface area contributed by atoms with E-state index in [2.05, 4.69) is 21.6 Å². The summed E-state index contributed by atoms with van der Waals surface area (Å²) in [6.45, 7) is 5.52. The SMILES string of the molecule is CC(C)(C)OC(=O)N[C@@H]1CCCC[C@H]1c1nnc(-c2ccc(C#N)cc2)o1. The molecule has 0 unspecified atom stereocenters. The second-order valence-electron chi connectivity index (χ2n) is 7.78. The number of carbonyl (C=O) groups is 1. The molecule has 2 atom stereocenters. The van der Waals surface area contributed by atoms with E-state index in [-0.39, 0.29) is 12.0 Å². The van der Waals surface area contributed by atoms with Gasteiger partial charge < -0.3 is 14.5 Å². The fraction of sp³-hybridized carbons (Fsp3) is 0.500. The molecule has 7 heteroatoms. The lowest BCUT2D eigenvalue weighted by molar-refractivity contribution is 0.0481. The summed E-state index contributed by atoms with van der Waals surface area (Å²) >= 11 is 0. The first-order valence-corrected chi connectivity index (χ1v) is 9.19. The summed E-state index contributed by atoms with van der Waals surface area (Å²) < 4.78 is 11.3. The monoisotopic (exact) mass is 368 g/mol. The summed E-state index contributed by atoms with van der Waals surface area (Å²) in [7, 11) is 0. The fourth-order valence-electron chi connectivity index (χ4n) is 3.25. The largest absolute Gasteiger partial charge is 0.444 e. The van der Waals surface area contributed by atoms with Crippen LogP contribution in [-0.4, -0.2) is 27.9 Å². The molecule has 142 valence electrons. The number of amides is 1. The molecule has 0 radical (unpaired) electrons. The minimum Gasteiger partial charge on any atom is -0.444 e. The second kappa shape index (κ2) is 7.78.